The van der Waals surface area contributed by atoms with E-state index in [1.807, 2.05) is 0 Å². The van der Waals surface area contributed by atoms with Crippen molar-refractivity contribution in [2.75, 3.05) is 5.32 Å². The highest BCUT2D eigenvalue weighted by molar-refractivity contribution is 9.10. The van der Waals surface area contributed by atoms with E-state index in [4.69, 9.17) is 22.4 Å². The maximum absolute atomic E-state index is 12.1. The van der Waals surface area contributed by atoms with Gasteiger partial charge in [0.2, 0.25) is 5.76 Å². The molecule has 1 heterocycles. The molecule has 0 radical (unpaired) electrons. The topological polar surface area (TPSA) is 81.2 Å². The second-order valence-electron chi connectivity index (χ2n) is 4.16. The van der Waals surface area contributed by atoms with Crippen LogP contribution < -0.4 is 11.1 Å². The largest absolute Gasteiger partial charge is 0.436 e. The second-order valence-corrected chi connectivity index (χ2v) is 5.45. The molecule has 1 aromatic carbocycles. The van der Waals surface area contributed by atoms with Crippen molar-refractivity contribution < 1.29 is 9.21 Å². The number of nitrogens with zero attached hydrogens (tertiary/aromatic N) is 1. The van der Waals surface area contributed by atoms with Gasteiger partial charge in [-0.15, -0.1) is 0 Å². The molecule has 0 spiro atoms. The lowest BCUT2D eigenvalue weighted by molar-refractivity contribution is 0.0994. The Labute approximate surface area is 129 Å². The first kappa shape index (κ1) is 14.7. The summed E-state index contributed by atoms with van der Waals surface area (Å²) >= 11 is 8.26. The summed E-state index contributed by atoms with van der Waals surface area (Å²) in [5.74, 6) is 0.301. The number of carbonyl (C=O) groups is 1. The van der Waals surface area contributed by atoms with Gasteiger partial charge in [-0.3, -0.25) is 4.79 Å². The first-order chi connectivity index (χ1) is 9.38. The lowest BCUT2D eigenvalue weighted by Crippen LogP contribution is -2.14. The van der Waals surface area contributed by atoms with Crippen molar-refractivity contribution in [1.29, 1.82) is 0 Å². The van der Waals surface area contributed by atoms with Crippen LogP contribution in [-0.4, -0.2) is 15.9 Å². The molecule has 0 aliphatic rings. The van der Waals surface area contributed by atoms with Crippen LogP contribution in [0.5, 0.6) is 0 Å². The first-order valence-electron chi connectivity index (χ1n) is 5.73. The van der Waals surface area contributed by atoms with Gasteiger partial charge in [-0.2, -0.15) is 0 Å². The zero-order valence-corrected chi connectivity index (χ0v) is 13.3. The molecule has 0 saturated carbocycles. The molecular formula is C13H12BrN3O2S. The zero-order valence-electron chi connectivity index (χ0n) is 10.9. The fourth-order valence-electron chi connectivity index (χ4n) is 1.69. The number of aromatic nitrogens is 1. The molecule has 20 heavy (non-hydrogen) atoms. The average molecular weight is 354 g/mol. The maximum Gasteiger partial charge on any atom is 0.293 e. The van der Waals surface area contributed by atoms with Crippen molar-refractivity contribution >= 4 is 44.7 Å². The monoisotopic (exact) mass is 353 g/mol. The van der Waals surface area contributed by atoms with Crippen LogP contribution in [0.2, 0.25) is 0 Å². The molecule has 1 aromatic heterocycles. The molecule has 1 amide bonds. The van der Waals surface area contributed by atoms with Gasteiger partial charge in [-0.1, -0.05) is 12.2 Å². The van der Waals surface area contributed by atoms with Crippen LogP contribution in [0, 0.1) is 13.8 Å². The minimum absolute atomic E-state index is 0.202. The van der Waals surface area contributed by atoms with Crippen molar-refractivity contribution in [2.45, 2.75) is 13.8 Å². The van der Waals surface area contributed by atoms with Gasteiger partial charge in [0.15, 0.2) is 5.89 Å². The number of halogens is 1. The van der Waals surface area contributed by atoms with Gasteiger partial charge in [0.25, 0.3) is 5.91 Å². The number of carbonyl (C=O) groups excluding carboxylic acids is 1. The minimum Gasteiger partial charge on any atom is -0.436 e. The third-order valence-electron chi connectivity index (χ3n) is 2.61. The Bertz CT molecular complexity index is 697. The summed E-state index contributed by atoms with van der Waals surface area (Å²) in [4.78, 5) is 16.5. The van der Waals surface area contributed by atoms with Crippen LogP contribution in [-0.2, 0) is 0 Å². The van der Waals surface area contributed by atoms with Crippen LogP contribution in [0.3, 0.4) is 0 Å². The number of oxazole rings is 1. The zero-order chi connectivity index (χ0) is 14.9. The number of hydrogen-bond donors (Lipinski definition) is 2. The quantitative estimate of drug-likeness (QED) is 0.829. The number of amides is 1. The Morgan fingerprint density at radius 2 is 2.15 bits per heavy atom. The third kappa shape index (κ3) is 3.05. The Morgan fingerprint density at radius 3 is 2.65 bits per heavy atom. The van der Waals surface area contributed by atoms with E-state index in [2.05, 4.69) is 26.2 Å². The Balaban J connectivity index is 2.24. The molecule has 2 rings (SSSR count). The van der Waals surface area contributed by atoms with Crippen LogP contribution >= 0.6 is 28.1 Å². The van der Waals surface area contributed by atoms with Crippen LogP contribution in [0.1, 0.15) is 27.7 Å². The molecular weight excluding hydrogens is 342 g/mol. The molecule has 2 aromatic rings. The molecule has 0 atom stereocenters. The first-order valence-corrected chi connectivity index (χ1v) is 6.93. The normalized spacial score (nSPS) is 10.3. The summed E-state index contributed by atoms with van der Waals surface area (Å²) in [6.45, 7) is 3.41. The summed E-state index contributed by atoms with van der Waals surface area (Å²) < 4.78 is 5.96. The van der Waals surface area contributed by atoms with Gasteiger partial charge < -0.3 is 15.5 Å². The molecule has 0 saturated heterocycles. The Morgan fingerprint density at radius 1 is 1.45 bits per heavy atom. The van der Waals surface area contributed by atoms with Crippen molar-refractivity contribution in [3.8, 4) is 0 Å². The molecule has 7 heteroatoms. The van der Waals surface area contributed by atoms with Crippen molar-refractivity contribution in [3.05, 3.63) is 45.6 Å². The number of nitrogens with one attached hydrogen (secondary N) is 1. The SMILES string of the molecule is Cc1nc(C)c(C(=O)Nc2ccc(C(N)=S)cc2Br)o1. The minimum atomic E-state index is -0.355. The summed E-state index contributed by atoms with van der Waals surface area (Å²) in [5.41, 5.74) is 7.42. The molecule has 104 valence electrons. The third-order valence-corrected chi connectivity index (χ3v) is 3.50. The van der Waals surface area contributed by atoms with Gasteiger partial charge >= 0.3 is 0 Å². The van der Waals surface area contributed by atoms with Gasteiger partial charge in [0.1, 0.15) is 4.99 Å². The van der Waals surface area contributed by atoms with Crippen molar-refractivity contribution in [3.63, 3.8) is 0 Å². The summed E-state index contributed by atoms with van der Waals surface area (Å²) in [7, 11) is 0. The second kappa shape index (κ2) is 5.72. The summed E-state index contributed by atoms with van der Waals surface area (Å²) in [6.07, 6.45) is 0. The lowest BCUT2D eigenvalue weighted by atomic mass is 10.2. The standard InChI is InChI=1S/C13H12BrN3O2S/c1-6-11(19-7(2)16-6)13(18)17-10-4-3-8(12(15)20)5-9(10)14/h3-5H,1-2H3,(H2,15,20)(H,17,18). The molecule has 0 unspecified atom stereocenters. The number of hydrogen-bond acceptors (Lipinski definition) is 4. The molecule has 0 aliphatic carbocycles. The fourth-order valence-corrected chi connectivity index (χ4v) is 2.30. The molecule has 0 bridgehead atoms. The molecule has 0 aliphatic heterocycles. The highest BCUT2D eigenvalue weighted by Gasteiger charge is 2.17. The van der Waals surface area contributed by atoms with Crippen LogP contribution in [0.25, 0.3) is 0 Å². The van der Waals surface area contributed by atoms with Gasteiger partial charge in [-0.05, 0) is 41.1 Å². The van der Waals surface area contributed by atoms with E-state index >= 15 is 0 Å². The highest BCUT2D eigenvalue weighted by atomic mass is 79.9. The number of benzene rings is 1. The van der Waals surface area contributed by atoms with Crippen LogP contribution in [0.4, 0.5) is 5.69 Å². The molecule has 3 N–H and O–H groups in total. The van der Waals surface area contributed by atoms with E-state index in [-0.39, 0.29) is 11.7 Å². The summed E-state index contributed by atoms with van der Waals surface area (Å²) in [6, 6.07) is 5.20. The van der Waals surface area contributed by atoms with Crippen molar-refractivity contribution in [1.82, 2.24) is 4.98 Å². The van der Waals surface area contributed by atoms with E-state index in [9.17, 15) is 4.79 Å². The Kier molecular flexibility index (Phi) is 4.20. The summed E-state index contributed by atoms with van der Waals surface area (Å²) in [5, 5.41) is 2.74. The lowest BCUT2D eigenvalue weighted by Gasteiger charge is -2.07. The fraction of sp³-hybridized carbons (Fsp3) is 0.154. The maximum atomic E-state index is 12.1. The number of rotatable bonds is 3. The Hall–Kier alpha value is -1.73. The van der Waals surface area contributed by atoms with E-state index in [0.717, 1.165) is 5.56 Å². The predicted molar refractivity (Wildman–Crippen MR) is 84.0 cm³/mol. The van der Waals surface area contributed by atoms with Gasteiger partial charge in [0.05, 0.1) is 11.4 Å². The van der Waals surface area contributed by atoms with E-state index in [1.165, 1.54) is 0 Å². The van der Waals surface area contributed by atoms with Crippen LogP contribution in [0.15, 0.2) is 27.1 Å². The number of anilines is 1. The molecule has 5 nitrogen and oxygen atoms in total. The van der Waals surface area contributed by atoms with E-state index < -0.39 is 0 Å². The molecule has 0 fully saturated rings. The number of aryl methyl sites for hydroxylation is 2. The van der Waals surface area contributed by atoms with Crippen molar-refractivity contribution in [2.24, 2.45) is 5.73 Å². The highest BCUT2D eigenvalue weighted by Crippen LogP contribution is 2.24. The number of thiocarbonyl (C=S) groups is 1. The average Bonchev–Trinajstić information content (AvgIpc) is 2.70. The number of nitrogens with two attached hydrogens (primary N) is 1. The smallest absolute Gasteiger partial charge is 0.293 e. The van der Waals surface area contributed by atoms with Gasteiger partial charge in [0, 0.05) is 17.0 Å². The van der Waals surface area contributed by atoms with E-state index in [1.54, 1.807) is 32.0 Å². The van der Waals surface area contributed by atoms with E-state index in [0.29, 0.717) is 26.7 Å². The van der Waals surface area contributed by atoms with Gasteiger partial charge in [-0.25, -0.2) is 4.98 Å². The predicted octanol–water partition coefficient (Wildman–Crippen LogP) is 2.94.